The van der Waals surface area contributed by atoms with E-state index in [0.717, 1.165) is 18.4 Å². The Balaban J connectivity index is 1.79. The number of carbonyl (C=O) groups excluding carboxylic acids is 1. The predicted molar refractivity (Wildman–Crippen MR) is 88.2 cm³/mol. The Morgan fingerprint density at radius 3 is 2.56 bits per heavy atom. The second-order valence-electron chi connectivity index (χ2n) is 6.39. The Hall–Kier alpha value is -1.60. The Morgan fingerprint density at radius 1 is 1.32 bits per heavy atom. The number of nitrogens with one attached hydrogen (secondary N) is 1. The summed E-state index contributed by atoms with van der Waals surface area (Å²) in [6.45, 7) is 3.34. The highest BCUT2D eigenvalue weighted by molar-refractivity contribution is 5.91. The topological polar surface area (TPSA) is 47.6 Å². The van der Waals surface area contributed by atoms with Gasteiger partial charge in [-0.1, -0.05) is 26.0 Å². The van der Waals surface area contributed by atoms with Gasteiger partial charge in [0.15, 0.2) is 0 Å². The lowest BCUT2D eigenvalue weighted by molar-refractivity contribution is -0.147. The minimum Gasteiger partial charge on any atom is -0.371 e. The van der Waals surface area contributed by atoms with Gasteiger partial charge in [0.25, 0.3) is 0 Å². The number of benzene rings is 1. The van der Waals surface area contributed by atoms with Crippen molar-refractivity contribution in [2.24, 2.45) is 5.92 Å². The fourth-order valence-electron chi connectivity index (χ4n) is 2.91. The monoisotopic (exact) mass is 359 g/mol. The lowest BCUT2D eigenvalue weighted by Crippen LogP contribution is -2.20. The van der Waals surface area contributed by atoms with Crippen LogP contribution in [0.15, 0.2) is 24.3 Å². The van der Waals surface area contributed by atoms with Crippen LogP contribution in [0, 0.1) is 5.92 Å². The Kier molecular flexibility index (Phi) is 6.84. The lowest BCUT2D eigenvalue weighted by Gasteiger charge is -2.16. The van der Waals surface area contributed by atoms with E-state index in [1.807, 2.05) is 12.1 Å². The number of carbonyl (C=O) groups is 1. The molecule has 1 aliphatic heterocycles. The van der Waals surface area contributed by atoms with E-state index in [1.54, 1.807) is 12.1 Å². The first-order chi connectivity index (χ1) is 11.8. The van der Waals surface area contributed by atoms with Crippen LogP contribution >= 0.6 is 0 Å². The molecule has 1 heterocycles. The summed E-state index contributed by atoms with van der Waals surface area (Å²) in [4.78, 5) is 11.7. The molecule has 4 nitrogen and oxygen atoms in total. The van der Waals surface area contributed by atoms with Crippen LogP contribution in [0.3, 0.4) is 0 Å². The van der Waals surface area contributed by atoms with E-state index in [2.05, 4.69) is 19.2 Å². The van der Waals surface area contributed by atoms with Crippen molar-refractivity contribution in [2.75, 3.05) is 18.5 Å². The first kappa shape index (κ1) is 19.7. The summed E-state index contributed by atoms with van der Waals surface area (Å²) in [5, 5.41) is 2.60. The van der Waals surface area contributed by atoms with Crippen LogP contribution in [0.1, 0.15) is 44.8 Å². The molecule has 1 aliphatic rings. The standard InChI is InChI=1S/C18H24F3NO3/c1-3-15-10-12(2)17(25-15)13-4-6-14(7-5-13)22-16(23)11-24-9-8-18(19,20)21/h4-7,12,15,17H,3,8-11H2,1-2H3,(H,22,23)/t12-,15+,17-/m1/s1. The molecule has 0 unspecified atom stereocenters. The molecule has 1 aromatic carbocycles. The van der Waals surface area contributed by atoms with Gasteiger partial charge in [-0.05, 0) is 36.5 Å². The summed E-state index contributed by atoms with van der Waals surface area (Å²) in [6, 6.07) is 7.33. The van der Waals surface area contributed by atoms with Crippen LogP contribution < -0.4 is 5.32 Å². The third-order valence-corrected chi connectivity index (χ3v) is 4.23. The molecule has 2 rings (SSSR count). The number of hydrogen-bond acceptors (Lipinski definition) is 3. The SMILES string of the molecule is CC[C@H]1C[C@@H](C)[C@H](c2ccc(NC(=O)COCCC(F)(F)F)cc2)O1. The van der Waals surface area contributed by atoms with Crippen LogP contribution in [-0.2, 0) is 14.3 Å². The van der Waals surface area contributed by atoms with E-state index in [1.165, 1.54) is 0 Å². The highest BCUT2D eigenvalue weighted by Gasteiger charge is 2.32. The molecule has 3 atom stereocenters. The zero-order valence-electron chi connectivity index (χ0n) is 14.4. The van der Waals surface area contributed by atoms with Gasteiger partial charge in [-0.2, -0.15) is 13.2 Å². The molecule has 0 aromatic heterocycles. The summed E-state index contributed by atoms with van der Waals surface area (Å²) in [5.74, 6) is -0.0427. The van der Waals surface area contributed by atoms with Gasteiger partial charge in [0.2, 0.25) is 5.91 Å². The van der Waals surface area contributed by atoms with Crippen molar-refractivity contribution in [1.29, 1.82) is 0 Å². The molecule has 0 aliphatic carbocycles. The molecule has 0 saturated carbocycles. The minimum atomic E-state index is -4.28. The molecular formula is C18H24F3NO3. The molecule has 25 heavy (non-hydrogen) atoms. The smallest absolute Gasteiger partial charge is 0.371 e. The third kappa shape index (κ3) is 6.32. The van der Waals surface area contributed by atoms with Gasteiger partial charge in [0.05, 0.1) is 25.2 Å². The molecule has 1 amide bonds. The summed E-state index contributed by atoms with van der Waals surface area (Å²) in [7, 11) is 0. The maximum Gasteiger partial charge on any atom is 0.391 e. The van der Waals surface area contributed by atoms with Crippen LogP contribution in [0.5, 0.6) is 0 Å². The Labute approximate surface area is 145 Å². The normalized spacial score (nSPS) is 23.6. The quantitative estimate of drug-likeness (QED) is 0.731. The van der Waals surface area contributed by atoms with Crippen LogP contribution in [0.2, 0.25) is 0 Å². The van der Waals surface area contributed by atoms with E-state index in [4.69, 9.17) is 9.47 Å². The highest BCUT2D eigenvalue weighted by atomic mass is 19.4. The van der Waals surface area contributed by atoms with E-state index in [9.17, 15) is 18.0 Å². The summed E-state index contributed by atoms with van der Waals surface area (Å²) >= 11 is 0. The first-order valence-corrected chi connectivity index (χ1v) is 8.48. The zero-order valence-corrected chi connectivity index (χ0v) is 14.4. The van der Waals surface area contributed by atoms with E-state index in [-0.39, 0.29) is 12.2 Å². The van der Waals surface area contributed by atoms with E-state index < -0.39 is 31.7 Å². The average Bonchev–Trinajstić information content (AvgIpc) is 2.92. The molecule has 140 valence electrons. The maximum atomic E-state index is 12.0. The summed E-state index contributed by atoms with van der Waals surface area (Å²) < 4.78 is 46.7. The van der Waals surface area contributed by atoms with Gasteiger partial charge in [0, 0.05) is 5.69 Å². The Bertz CT molecular complexity index is 560. The Morgan fingerprint density at radius 2 is 2.00 bits per heavy atom. The molecule has 1 fully saturated rings. The van der Waals surface area contributed by atoms with Crippen LogP contribution in [0.4, 0.5) is 18.9 Å². The molecular weight excluding hydrogens is 335 g/mol. The van der Waals surface area contributed by atoms with Crippen LogP contribution in [0.25, 0.3) is 0 Å². The number of halogens is 3. The second kappa shape index (κ2) is 8.67. The van der Waals surface area contributed by atoms with Crippen molar-refractivity contribution in [3.8, 4) is 0 Å². The van der Waals surface area contributed by atoms with Crippen molar-refractivity contribution in [2.45, 2.75) is 51.5 Å². The molecule has 0 spiro atoms. The zero-order chi connectivity index (χ0) is 18.4. The maximum absolute atomic E-state index is 12.0. The molecule has 1 N–H and O–H groups in total. The molecule has 7 heteroatoms. The number of alkyl halides is 3. The second-order valence-corrected chi connectivity index (χ2v) is 6.39. The number of amides is 1. The van der Waals surface area contributed by atoms with Gasteiger partial charge < -0.3 is 14.8 Å². The third-order valence-electron chi connectivity index (χ3n) is 4.23. The fourth-order valence-corrected chi connectivity index (χ4v) is 2.91. The predicted octanol–water partition coefficient (Wildman–Crippen LogP) is 4.47. The molecule has 0 radical (unpaired) electrons. The van der Waals surface area contributed by atoms with Gasteiger partial charge in [0.1, 0.15) is 6.61 Å². The average molecular weight is 359 g/mol. The van der Waals surface area contributed by atoms with E-state index in [0.29, 0.717) is 11.6 Å². The minimum absolute atomic E-state index is 0.0559. The van der Waals surface area contributed by atoms with Gasteiger partial charge in [-0.3, -0.25) is 4.79 Å². The number of hydrogen-bond donors (Lipinski definition) is 1. The number of rotatable bonds is 7. The molecule has 0 bridgehead atoms. The van der Waals surface area contributed by atoms with Crippen molar-refractivity contribution in [3.63, 3.8) is 0 Å². The van der Waals surface area contributed by atoms with Crippen LogP contribution in [-0.4, -0.2) is 31.4 Å². The summed E-state index contributed by atoms with van der Waals surface area (Å²) in [6.07, 6.45) is -2.97. The fraction of sp³-hybridized carbons (Fsp3) is 0.611. The van der Waals surface area contributed by atoms with Gasteiger partial charge in [-0.25, -0.2) is 0 Å². The van der Waals surface area contributed by atoms with Gasteiger partial charge >= 0.3 is 6.18 Å². The lowest BCUT2D eigenvalue weighted by atomic mass is 9.95. The van der Waals surface area contributed by atoms with Gasteiger partial charge in [-0.15, -0.1) is 0 Å². The highest BCUT2D eigenvalue weighted by Crippen LogP contribution is 2.39. The van der Waals surface area contributed by atoms with Crippen molar-refractivity contribution in [1.82, 2.24) is 0 Å². The summed E-state index contributed by atoms with van der Waals surface area (Å²) in [5.41, 5.74) is 1.63. The van der Waals surface area contributed by atoms with E-state index >= 15 is 0 Å². The first-order valence-electron chi connectivity index (χ1n) is 8.48. The van der Waals surface area contributed by atoms with Crippen molar-refractivity contribution in [3.05, 3.63) is 29.8 Å². The largest absolute Gasteiger partial charge is 0.391 e. The number of ether oxygens (including phenoxy) is 2. The molecule has 1 saturated heterocycles. The van der Waals surface area contributed by atoms with Crippen molar-refractivity contribution < 1.29 is 27.4 Å². The number of anilines is 1. The van der Waals surface area contributed by atoms with Crippen molar-refractivity contribution >= 4 is 11.6 Å². The molecule has 1 aromatic rings.